The van der Waals surface area contributed by atoms with Gasteiger partial charge in [0.1, 0.15) is 0 Å². The van der Waals surface area contributed by atoms with E-state index in [9.17, 15) is 0 Å². The van der Waals surface area contributed by atoms with E-state index < -0.39 is 0 Å². The molecule has 0 amide bonds. The highest BCUT2D eigenvalue weighted by Crippen LogP contribution is 2.20. The highest BCUT2D eigenvalue weighted by Gasteiger charge is 1.95. The topological polar surface area (TPSA) is 50.1 Å². The summed E-state index contributed by atoms with van der Waals surface area (Å²) in [5.74, 6) is 0. The molecule has 0 spiro atoms. The summed E-state index contributed by atoms with van der Waals surface area (Å²) in [5.41, 5.74) is 6.56. The zero-order valence-corrected chi connectivity index (χ0v) is 11.1. The minimum atomic E-state index is 0.766. The molecule has 4 heteroatoms. The minimum absolute atomic E-state index is 0.766. The first-order chi connectivity index (χ1) is 7.84. The lowest BCUT2D eigenvalue weighted by molar-refractivity contribution is 0.637. The molecule has 0 saturated carbocycles. The Morgan fingerprint density at radius 2 is 1.81 bits per heavy atom. The van der Waals surface area contributed by atoms with Crippen molar-refractivity contribution in [2.45, 2.75) is 12.8 Å². The normalized spacial score (nSPS) is 10.4. The first-order valence-electron chi connectivity index (χ1n) is 5.74. The molecule has 0 fully saturated rings. The smallest absolute Gasteiger partial charge is 0.0484 e. The molecular formula is C12H20BrN3. The van der Waals surface area contributed by atoms with Crippen molar-refractivity contribution in [2.75, 3.05) is 31.5 Å². The standard InChI is InChI=1S/C12H20BrN3/c13-11-5-1-2-6-12(11)16-10-4-9-15-8-3-7-14/h1-2,5-6,15-16H,3-4,7-10,14H2. The SMILES string of the molecule is NCCCNCCCNc1ccccc1Br. The number of nitrogens with two attached hydrogens (primary N) is 1. The van der Waals surface area contributed by atoms with Crippen LogP contribution in [0.5, 0.6) is 0 Å². The molecular weight excluding hydrogens is 266 g/mol. The Balaban J connectivity index is 2.05. The van der Waals surface area contributed by atoms with Crippen LogP contribution in [0.2, 0.25) is 0 Å². The van der Waals surface area contributed by atoms with Crippen LogP contribution in [0, 0.1) is 0 Å². The summed E-state index contributed by atoms with van der Waals surface area (Å²) >= 11 is 3.51. The van der Waals surface area contributed by atoms with Crippen molar-refractivity contribution < 1.29 is 0 Å². The average Bonchev–Trinajstić information content (AvgIpc) is 2.30. The van der Waals surface area contributed by atoms with Crippen molar-refractivity contribution in [1.82, 2.24) is 5.32 Å². The minimum Gasteiger partial charge on any atom is -0.384 e. The summed E-state index contributed by atoms with van der Waals surface area (Å²) in [5, 5.41) is 6.75. The molecule has 0 unspecified atom stereocenters. The van der Waals surface area contributed by atoms with E-state index in [1.165, 1.54) is 0 Å². The molecule has 0 aliphatic rings. The lowest BCUT2D eigenvalue weighted by atomic mass is 10.3. The van der Waals surface area contributed by atoms with Gasteiger partial charge in [0.2, 0.25) is 0 Å². The van der Waals surface area contributed by atoms with E-state index in [0.717, 1.165) is 49.2 Å². The van der Waals surface area contributed by atoms with Crippen molar-refractivity contribution in [3.05, 3.63) is 28.7 Å². The molecule has 0 atom stereocenters. The second kappa shape index (κ2) is 8.56. The van der Waals surface area contributed by atoms with Gasteiger partial charge in [0.15, 0.2) is 0 Å². The van der Waals surface area contributed by atoms with Gasteiger partial charge in [0.25, 0.3) is 0 Å². The molecule has 0 aliphatic heterocycles. The van der Waals surface area contributed by atoms with Crippen LogP contribution in [-0.2, 0) is 0 Å². The van der Waals surface area contributed by atoms with Crippen LogP contribution in [-0.4, -0.2) is 26.2 Å². The third-order valence-corrected chi connectivity index (χ3v) is 2.97. The monoisotopic (exact) mass is 285 g/mol. The van der Waals surface area contributed by atoms with Crippen molar-refractivity contribution in [2.24, 2.45) is 5.73 Å². The number of para-hydroxylation sites is 1. The Bertz CT molecular complexity index is 291. The molecule has 16 heavy (non-hydrogen) atoms. The summed E-state index contributed by atoms with van der Waals surface area (Å²) in [6.45, 7) is 3.81. The highest BCUT2D eigenvalue weighted by molar-refractivity contribution is 9.10. The van der Waals surface area contributed by atoms with Gasteiger partial charge in [-0.15, -0.1) is 0 Å². The van der Waals surface area contributed by atoms with Crippen LogP contribution >= 0.6 is 15.9 Å². The van der Waals surface area contributed by atoms with E-state index in [1.807, 2.05) is 18.2 Å². The Labute approximate surface area is 106 Å². The molecule has 4 N–H and O–H groups in total. The van der Waals surface area contributed by atoms with Crippen molar-refractivity contribution in [3.8, 4) is 0 Å². The zero-order valence-electron chi connectivity index (χ0n) is 9.51. The van der Waals surface area contributed by atoms with Crippen LogP contribution in [0.25, 0.3) is 0 Å². The van der Waals surface area contributed by atoms with Crippen LogP contribution < -0.4 is 16.4 Å². The number of benzene rings is 1. The van der Waals surface area contributed by atoms with Gasteiger partial charge in [-0.2, -0.15) is 0 Å². The molecule has 0 bridgehead atoms. The van der Waals surface area contributed by atoms with Gasteiger partial charge in [-0.3, -0.25) is 0 Å². The molecule has 1 aromatic carbocycles. The third kappa shape index (κ3) is 5.49. The fraction of sp³-hybridized carbons (Fsp3) is 0.500. The highest BCUT2D eigenvalue weighted by atomic mass is 79.9. The fourth-order valence-electron chi connectivity index (χ4n) is 1.39. The Hall–Kier alpha value is -0.580. The average molecular weight is 286 g/mol. The van der Waals surface area contributed by atoms with E-state index >= 15 is 0 Å². The van der Waals surface area contributed by atoms with Crippen LogP contribution in [0.1, 0.15) is 12.8 Å². The Morgan fingerprint density at radius 3 is 2.56 bits per heavy atom. The molecule has 90 valence electrons. The summed E-state index contributed by atoms with van der Waals surface area (Å²) in [6.07, 6.45) is 2.17. The first-order valence-corrected chi connectivity index (χ1v) is 6.53. The van der Waals surface area contributed by atoms with E-state index in [4.69, 9.17) is 5.73 Å². The van der Waals surface area contributed by atoms with Gasteiger partial charge >= 0.3 is 0 Å². The fourth-order valence-corrected chi connectivity index (χ4v) is 1.82. The van der Waals surface area contributed by atoms with E-state index in [2.05, 4.69) is 32.6 Å². The lowest BCUT2D eigenvalue weighted by Crippen LogP contribution is -2.21. The molecule has 3 nitrogen and oxygen atoms in total. The number of hydrogen-bond donors (Lipinski definition) is 3. The molecule has 0 aromatic heterocycles. The lowest BCUT2D eigenvalue weighted by Gasteiger charge is -2.08. The molecule has 0 heterocycles. The van der Waals surface area contributed by atoms with Gasteiger partial charge in [0.05, 0.1) is 0 Å². The summed E-state index contributed by atoms with van der Waals surface area (Å²) < 4.78 is 1.12. The predicted octanol–water partition coefficient (Wildman–Crippen LogP) is 2.19. The first kappa shape index (κ1) is 13.5. The maximum atomic E-state index is 5.40. The summed E-state index contributed by atoms with van der Waals surface area (Å²) in [4.78, 5) is 0. The number of nitrogens with one attached hydrogen (secondary N) is 2. The van der Waals surface area contributed by atoms with Gasteiger partial charge in [-0.1, -0.05) is 12.1 Å². The van der Waals surface area contributed by atoms with E-state index in [0.29, 0.717) is 0 Å². The van der Waals surface area contributed by atoms with Gasteiger partial charge in [0, 0.05) is 16.7 Å². The number of anilines is 1. The van der Waals surface area contributed by atoms with Gasteiger partial charge in [-0.05, 0) is 60.5 Å². The van der Waals surface area contributed by atoms with Gasteiger partial charge in [-0.25, -0.2) is 0 Å². The second-order valence-electron chi connectivity index (χ2n) is 3.65. The quantitative estimate of drug-likeness (QED) is 0.642. The summed E-state index contributed by atoms with van der Waals surface area (Å²) in [6, 6.07) is 8.17. The largest absolute Gasteiger partial charge is 0.384 e. The van der Waals surface area contributed by atoms with Crippen LogP contribution in [0.4, 0.5) is 5.69 Å². The zero-order chi connectivity index (χ0) is 11.6. The Kier molecular flexibility index (Phi) is 7.21. The number of hydrogen-bond acceptors (Lipinski definition) is 3. The second-order valence-corrected chi connectivity index (χ2v) is 4.51. The van der Waals surface area contributed by atoms with Crippen molar-refractivity contribution in [1.29, 1.82) is 0 Å². The predicted molar refractivity (Wildman–Crippen MR) is 73.8 cm³/mol. The molecule has 1 rings (SSSR count). The molecule has 1 aromatic rings. The maximum Gasteiger partial charge on any atom is 0.0484 e. The summed E-state index contributed by atoms with van der Waals surface area (Å²) in [7, 11) is 0. The third-order valence-electron chi connectivity index (χ3n) is 2.28. The van der Waals surface area contributed by atoms with Gasteiger partial charge < -0.3 is 16.4 Å². The van der Waals surface area contributed by atoms with E-state index in [1.54, 1.807) is 0 Å². The van der Waals surface area contributed by atoms with Crippen molar-refractivity contribution >= 4 is 21.6 Å². The molecule has 0 radical (unpaired) electrons. The molecule has 0 aliphatic carbocycles. The Morgan fingerprint density at radius 1 is 1.06 bits per heavy atom. The van der Waals surface area contributed by atoms with Crippen molar-refractivity contribution in [3.63, 3.8) is 0 Å². The maximum absolute atomic E-state index is 5.40. The van der Waals surface area contributed by atoms with Crippen LogP contribution in [0.3, 0.4) is 0 Å². The van der Waals surface area contributed by atoms with E-state index in [-0.39, 0.29) is 0 Å². The molecule has 0 saturated heterocycles. The van der Waals surface area contributed by atoms with Crippen LogP contribution in [0.15, 0.2) is 28.7 Å². The number of halogens is 1. The number of rotatable bonds is 8.